The van der Waals surface area contributed by atoms with E-state index in [1.165, 1.54) is 6.08 Å². The lowest BCUT2D eigenvalue weighted by Gasteiger charge is -2.23. The van der Waals surface area contributed by atoms with E-state index >= 15 is 0 Å². The van der Waals surface area contributed by atoms with Gasteiger partial charge in [-0.05, 0) is 29.5 Å². The highest BCUT2D eigenvalue weighted by molar-refractivity contribution is 7.91. The highest BCUT2D eigenvalue weighted by atomic mass is 32.2. The Bertz CT molecular complexity index is 481. The lowest BCUT2D eigenvalue weighted by molar-refractivity contribution is 0.506. The third kappa shape index (κ3) is 3.19. The molecule has 0 aliphatic carbocycles. The van der Waals surface area contributed by atoms with E-state index in [0.29, 0.717) is 4.90 Å². The van der Waals surface area contributed by atoms with E-state index in [0.717, 1.165) is 12.0 Å². The van der Waals surface area contributed by atoms with Crippen LogP contribution in [0.1, 0.15) is 32.8 Å². The first kappa shape index (κ1) is 14.0. The lowest BCUT2D eigenvalue weighted by atomic mass is 9.82. The Labute approximate surface area is 104 Å². The highest BCUT2D eigenvalue weighted by Gasteiger charge is 2.19. The predicted molar refractivity (Wildman–Crippen MR) is 72.0 cm³/mol. The van der Waals surface area contributed by atoms with Gasteiger partial charge in [-0.25, -0.2) is 8.42 Å². The van der Waals surface area contributed by atoms with Crippen molar-refractivity contribution in [2.24, 2.45) is 0 Å². The van der Waals surface area contributed by atoms with Crippen molar-refractivity contribution >= 4 is 9.84 Å². The van der Waals surface area contributed by atoms with Gasteiger partial charge in [0.15, 0.2) is 9.84 Å². The second-order valence-corrected chi connectivity index (χ2v) is 6.87. The van der Waals surface area contributed by atoms with Gasteiger partial charge in [-0.15, -0.1) is 6.58 Å². The van der Waals surface area contributed by atoms with Crippen molar-refractivity contribution < 1.29 is 8.42 Å². The minimum atomic E-state index is -3.20. The van der Waals surface area contributed by atoms with Crippen LogP contribution >= 0.6 is 0 Å². The quantitative estimate of drug-likeness (QED) is 0.753. The Hall–Kier alpha value is -1.09. The first-order valence-corrected chi connectivity index (χ1v) is 7.43. The average Bonchev–Trinajstić information content (AvgIpc) is 2.29. The number of hydrogen-bond donors (Lipinski definition) is 0. The summed E-state index contributed by atoms with van der Waals surface area (Å²) >= 11 is 0. The summed E-state index contributed by atoms with van der Waals surface area (Å²) in [5.74, 6) is -0.0104. The number of sulfone groups is 1. The molecule has 2 nitrogen and oxygen atoms in total. The van der Waals surface area contributed by atoms with Crippen LogP contribution in [0.4, 0.5) is 0 Å². The Morgan fingerprint density at radius 1 is 1.24 bits per heavy atom. The molecule has 0 spiro atoms. The van der Waals surface area contributed by atoms with Gasteiger partial charge in [0, 0.05) is 0 Å². The zero-order chi connectivity index (χ0) is 13.1. The fourth-order valence-corrected chi connectivity index (χ4v) is 2.62. The second kappa shape index (κ2) is 5.05. The van der Waals surface area contributed by atoms with Crippen LogP contribution in [0, 0.1) is 0 Å². The monoisotopic (exact) mass is 252 g/mol. The van der Waals surface area contributed by atoms with Crippen LogP contribution in [0.15, 0.2) is 41.8 Å². The minimum absolute atomic E-state index is 0.0104. The molecule has 0 bridgehead atoms. The van der Waals surface area contributed by atoms with Crippen LogP contribution in [0.5, 0.6) is 0 Å². The van der Waals surface area contributed by atoms with Crippen molar-refractivity contribution in [1.29, 1.82) is 0 Å². The van der Waals surface area contributed by atoms with E-state index < -0.39 is 9.84 Å². The molecule has 0 N–H and O–H groups in total. The van der Waals surface area contributed by atoms with Crippen LogP contribution in [0.25, 0.3) is 0 Å². The van der Waals surface area contributed by atoms with E-state index in [2.05, 4.69) is 27.4 Å². The number of rotatable bonds is 5. The van der Waals surface area contributed by atoms with Gasteiger partial charge in [-0.2, -0.15) is 0 Å². The summed E-state index contributed by atoms with van der Waals surface area (Å²) < 4.78 is 23.6. The number of benzene rings is 1. The molecular weight excluding hydrogens is 232 g/mol. The molecule has 1 rings (SSSR count). The van der Waals surface area contributed by atoms with Gasteiger partial charge in [-0.1, -0.05) is 39.0 Å². The van der Waals surface area contributed by atoms with Crippen molar-refractivity contribution in [3.05, 3.63) is 42.5 Å². The van der Waals surface area contributed by atoms with Gasteiger partial charge in [-0.3, -0.25) is 0 Å². The summed E-state index contributed by atoms with van der Waals surface area (Å²) in [5.41, 5.74) is 1.25. The minimum Gasteiger partial charge on any atom is -0.223 e. The zero-order valence-electron chi connectivity index (χ0n) is 10.7. The standard InChI is InChI=1S/C14H20O2S/c1-5-11-17(15,16)13-9-7-12(8-10-13)14(3,4)6-2/h5,7-10H,1,6,11H2,2-4H3. The topological polar surface area (TPSA) is 34.1 Å². The molecule has 0 unspecified atom stereocenters. The fourth-order valence-electron chi connectivity index (χ4n) is 1.57. The zero-order valence-corrected chi connectivity index (χ0v) is 11.5. The largest absolute Gasteiger partial charge is 0.223 e. The average molecular weight is 252 g/mol. The van der Waals surface area contributed by atoms with Crippen LogP contribution < -0.4 is 0 Å². The Balaban J connectivity index is 3.08. The van der Waals surface area contributed by atoms with E-state index in [9.17, 15) is 8.42 Å². The van der Waals surface area contributed by atoms with Gasteiger partial charge >= 0.3 is 0 Å². The second-order valence-electron chi connectivity index (χ2n) is 4.83. The molecule has 1 aromatic rings. The molecule has 0 aromatic heterocycles. The van der Waals surface area contributed by atoms with Gasteiger partial charge < -0.3 is 0 Å². The maximum absolute atomic E-state index is 11.8. The smallest absolute Gasteiger partial charge is 0.181 e. The van der Waals surface area contributed by atoms with E-state index in [4.69, 9.17) is 0 Å². The SMILES string of the molecule is C=CCS(=O)(=O)c1ccc(C(C)(C)CC)cc1. The van der Waals surface area contributed by atoms with E-state index in [-0.39, 0.29) is 11.2 Å². The summed E-state index contributed by atoms with van der Waals surface area (Å²) in [6.45, 7) is 9.90. The molecule has 3 heteroatoms. The Morgan fingerprint density at radius 3 is 2.18 bits per heavy atom. The van der Waals surface area contributed by atoms with Crippen molar-refractivity contribution in [3.63, 3.8) is 0 Å². The maximum atomic E-state index is 11.8. The Kier molecular flexibility index (Phi) is 4.15. The summed E-state index contributed by atoms with van der Waals surface area (Å²) in [4.78, 5) is 0.369. The molecule has 0 saturated heterocycles. The molecule has 0 amide bonds. The highest BCUT2D eigenvalue weighted by Crippen LogP contribution is 2.27. The van der Waals surface area contributed by atoms with E-state index in [1.807, 2.05) is 12.1 Å². The van der Waals surface area contributed by atoms with E-state index in [1.54, 1.807) is 12.1 Å². The van der Waals surface area contributed by atoms with Gasteiger partial charge in [0.05, 0.1) is 10.6 Å². The predicted octanol–water partition coefficient (Wildman–Crippen LogP) is 3.33. The van der Waals surface area contributed by atoms with Gasteiger partial charge in [0.2, 0.25) is 0 Å². The third-order valence-corrected chi connectivity index (χ3v) is 4.88. The molecule has 0 aliphatic rings. The van der Waals surface area contributed by atoms with Gasteiger partial charge in [0.1, 0.15) is 0 Å². The molecule has 0 aliphatic heterocycles. The summed E-state index contributed by atoms with van der Waals surface area (Å²) in [6, 6.07) is 7.18. The van der Waals surface area contributed by atoms with Crippen molar-refractivity contribution in [3.8, 4) is 0 Å². The molecule has 0 heterocycles. The fraction of sp³-hybridized carbons (Fsp3) is 0.429. The van der Waals surface area contributed by atoms with Crippen LogP contribution in [-0.2, 0) is 15.3 Å². The molecule has 17 heavy (non-hydrogen) atoms. The molecule has 0 atom stereocenters. The van der Waals surface area contributed by atoms with Crippen molar-refractivity contribution in [2.45, 2.75) is 37.5 Å². The third-order valence-electron chi connectivity index (χ3n) is 3.22. The number of hydrogen-bond acceptors (Lipinski definition) is 2. The van der Waals surface area contributed by atoms with Crippen LogP contribution in [0.2, 0.25) is 0 Å². The molecular formula is C14H20O2S. The molecule has 0 fully saturated rings. The molecule has 94 valence electrons. The summed E-state index contributed by atoms with van der Waals surface area (Å²) in [6.07, 6.45) is 2.44. The molecule has 0 saturated carbocycles. The first-order valence-electron chi connectivity index (χ1n) is 5.77. The summed E-state index contributed by atoms with van der Waals surface area (Å²) in [7, 11) is -3.20. The normalized spacial score (nSPS) is 12.4. The Morgan fingerprint density at radius 2 is 1.76 bits per heavy atom. The van der Waals surface area contributed by atoms with Gasteiger partial charge in [0.25, 0.3) is 0 Å². The van der Waals surface area contributed by atoms with Crippen LogP contribution in [-0.4, -0.2) is 14.2 Å². The van der Waals surface area contributed by atoms with Crippen molar-refractivity contribution in [1.82, 2.24) is 0 Å². The maximum Gasteiger partial charge on any atom is 0.181 e. The molecule has 0 radical (unpaired) electrons. The lowest BCUT2D eigenvalue weighted by Crippen LogP contribution is -2.15. The first-order chi connectivity index (χ1) is 7.83. The summed E-state index contributed by atoms with van der Waals surface area (Å²) in [5, 5.41) is 0. The molecule has 1 aromatic carbocycles. The van der Waals surface area contributed by atoms with Crippen molar-refractivity contribution in [2.75, 3.05) is 5.75 Å². The van der Waals surface area contributed by atoms with Crippen LogP contribution in [0.3, 0.4) is 0 Å².